The Morgan fingerprint density at radius 2 is 1.68 bits per heavy atom. The van der Waals surface area contributed by atoms with Crippen LogP contribution in [0.1, 0.15) is 67.3 Å². The fourth-order valence-electron chi connectivity index (χ4n) is 4.64. The van der Waals surface area contributed by atoms with Gasteiger partial charge in [0.1, 0.15) is 34.0 Å². The van der Waals surface area contributed by atoms with Crippen LogP contribution in [0.25, 0.3) is 5.69 Å². The fraction of sp³-hybridized carbons (Fsp3) is 0.520. The molecule has 3 heterocycles. The zero-order valence-corrected chi connectivity index (χ0v) is 23.8. The summed E-state index contributed by atoms with van der Waals surface area (Å²) in [5.74, 6) is 0.452. The number of ether oxygens (including phenoxy) is 2. The molecule has 0 saturated carbocycles. The van der Waals surface area contributed by atoms with Crippen LogP contribution in [0.4, 0.5) is 0 Å². The number of hydrogen-bond donors (Lipinski definition) is 0. The third-order valence-electron chi connectivity index (χ3n) is 7.06. The monoisotopic (exact) mass is 563 g/mol. The van der Waals surface area contributed by atoms with Crippen LogP contribution in [-0.2, 0) is 25.4 Å². The maximum absolute atomic E-state index is 13.7. The lowest BCUT2D eigenvalue weighted by atomic mass is 10.1. The summed E-state index contributed by atoms with van der Waals surface area (Å²) in [4.78, 5) is 8.61. The molecule has 2 aromatic heterocycles. The Hall–Kier alpha value is -3.06. The predicted molar refractivity (Wildman–Crippen MR) is 142 cm³/mol. The lowest BCUT2D eigenvalue weighted by molar-refractivity contribution is 0.389. The van der Waals surface area contributed by atoms with Crippen LogP contribution in [0.15, 0.2) is 30.6 Å². The zero-order chi connectivity index (χ0) is 27.7. The van der Waals surface area contributed by atoms with E-state index in [-0.39, 0.29) is 17.4 Å². The summed E-state index contributed by atoms with van der Waals surface area (Å²) in [5.41, 5.74) is 1.23. The lowest BCUT2D eigenvalue weighted by Gasteiger charge is -2.24. The van der Waals surface area contributed by atoms with Crippen LogP contribution >= 0.6 is 0 Å². The molecule has 3 atom stereocenters. The van der Waals surface area contributed by atoms with Gasteiger partial charge in [0, 0.05) is 18.3 Å². The second-order valence-corrected chi connectivity index (χ2v) is 14.3. The van der Waals surface area contributed by atoms with Gasteiger partial charge in [-0.1, -0.05) is 19.4 Å². The molecular formula is C25H33N5O6S2. The second kappa shape index (κ2) is 11.0. The Balaban J connectivity index is 1.83. The number of methoxy groups -OCH3 is 2. The summed E-state index contributed by atoms with van der Waals surface area (Å²) < 4.78 is 66.1. The number of sulfone groups is 2. The topological polar surface area (TPSA) is 143 Å². The van der Waals surface area contributed by atoms with E-state index in [1.54, 1.807) is 44.4 Å². The molecule has 1 saturated heterocycles. The van der Waals surface area contributed by atoms with Crippen molar-refractivity contribution in [3.8, 4) is 17.2 Å². The van der Waals surface area contributed by atoms with Gasteiger partial charge in [-0.25, -0.2) is 26.8 Å². The molecule has 13 heteroatoms. The highest BCUT2D eigenvalue weighted by atomic mass is 32.2. The molecule has 206 valence electrons. The second-order valence-electron chi connectivity index (χ2n) is 9.59. The van der Waals surface area contributed by atoms with Gasteiger partial charge < -0.3 is 9.47 Å². The summed E-state index contributed by atoms with van der Waals surface area (Å²) in [6, 6.07) is 5.10. The largest absolute Gasteiger partial charge is 0.494 e. The van der Waals surface area contributed by atoms with Crippen molar-refractivity contribution in [2.45, 2.75) is 62.2 Å². The van der Waals surface area contributed by atoms with E-state index in [4.69, 9.17) is 9.47 Å². The maximum atomic E-state index is 13.7. The van der Waals surface area contributed by atoms with Crippen LogP contribution in [0, 0.1) is 6.92 Å². The highest BCUT2D eigenvalue weighted by molar-refractivity contribution is 7.91. The molecule has 0 unspecified atom stereocenters. The van der Waals surface area contributed by atoms with E-state index in [0.29, 0.717) is 42.3 Å². The van der Waals surface area contributed by atoms with Crippen LogP contribution in [0.5, 0.6) is 11.5 Å². The van der Waals surface area contributed by atoms with Crippen molar-refractivity contribution in [3.63, 3.8) is 0 Å². The molecule has 0 N–H and O–H groups in total. The quantitative estimate of drug-likeness (QED) is 0.381. The van der Waals surface area contributed by atoms with Crippen LogP contribution < -0.4 is 9.47 Å². The van der Waals surface area contributed by atoms with Gasteiger partial charge in [0.05, 0.1) is 25.2 Å². The van der Waals surface area contributed by atoms with Crippen molar-refractivity contribution >= 4 is 19.7 Å². The van der Waals surface area contributed by atoms with Gasteiger partial charge in [-0.15, -0.1) is 10.2 Å². The minimum absolute atomic E-state index is 0.0340. The molecule has 1 aliphatic heterocycles. The van der Waals surface area contributed by atoms with Crippen LogP contribution in [-0.4, -0.2) is 66.8 Å². The molecule has 38 heavy (non-hydrogen) atoms. The first kappa shape index (κ1) is 28.0. The van der Waals surface area contributed by atoms with E-state index in [9.17, 15) is 16.8 Å². The Morgan fingerprint density at radius 3 is 2.26 bits per heavy atom. The minimum atomic E-state index is -3.82. The summed E-state index contributed by atoms with van der Waals surface area (Å²) in [6.07, 6.45) is 4.95. The molecule has 0 amide bonds. The zero-order valence-electron chi connectivity index (χ0n) is 22.2. The highest BCUT2D eigenvalue weighted by Crippen LogP contribution is 2.39. The Bertz CT molecular complexity index is 1480. The first-order valence-electron chi connectivity index (χ1n) is 12.4. The van der Waals surface area contributed by atoms with E-state index in [2.05, 4.69) is 20.2 Å². The SMILES string of the molecule is COc1cccc(OC)c1-n1c(CS(=O)(=O)[C@@H](C)[C@H](C)c2ncc(C)cn2)nnc1[C@H]1CCCCS1(=O)=O. The lowest BCUT2D eigenvalue weighted by Crippen LogP contribution is -2.28. The molecular weight excluding hydrogens is 530 g/mol. The fourth-order valence-corrected chi connectivity index (χ4v) is 8.09. The number of nitrogens with zero attached hydrogens (tertiary/aromatic N) is 5. The summed E-state index contributed by atoms with van der Waals surface area (Å²) in [6.45, 7) is 5.23. The van der Waals surface area contributed by atoms with Gasteiger partial charge in [0.15, 0.2) is 31.3 Å². The molecule has 11 nitrogen and oxygen atoms in total. The first-order chi connectivity index (χ1) is 18.0. The van der Waals surface area contributed by atoms with E-state index < -0.39 is 41.8 Å². The van der Waals surface area contributed by atoms with Gasteiger partial charge in [-0.2, -0.15) is 0 Å². The van der Waals surface area contributed by atoms with Gasteiger partial charge in [-0.3, -0.25) is 4.57 Å². The minimum Gasteiger partial charge on any atom is -0.494 e. The molecule has 3 aromatic rings. The van der Waals surface area contributed by atoms with Crippen molar-refractivity contribution in [2.24, 2.45) is 0 Å². The molecule has 1 aromatic carbocycles. The van der Waals surface area contributed by atoms with E-state index >= 15 is 0 Å². The number of hydrogen-bond acceptors (Lipinski definition) is 10. The number of benzene rings is 1. The normalized spacial score (nSPS) is 19.0. The summed E-state index contributed by atoms with van der Waals surface area (Å²) in [5, 5.41) is 6.70. The Labute approximate surface area is 223 Å². The third-order valence-corrected chi connectivity index (χ3v) is 11.4. The smallest absolute Gasteiger partial charge is 0.160 e. The molecule has 0 radical (unpaired) electrons. The van der Waals surface area contributed by atoms with Gasteiger partial charge in [-0.05, 0) is 44.4 Å². The van der Waals surface area contributed by atoms with Gasteiger partial charge in [0.25, 0.3) is 0 Å². The number of rotatable bonds is 9. The van der Waals surface area contributed by atoms with E-state index in [0.717, 1.165) is 5.56 Å². The molecule has 0 bridgehead atoms. The predicted octanol–water partition coefficient (Wildman–Crippen LogP) is 3.13. The number of aryl methyl sites for hydroxylation is 1. The molecule has 0 spiro atoms. The molecule has 1 fully saturated rings. The first-order valence-corrected chi connectivity index (χ1v) is 15.8. The molecule has 4 rings (SSSR count). The Kier molecular flexibility index (Phi) is 8.07. The van der Waals surface area contributed by atoms with Crippen molar-refractivity contribution < 1.29 is 26.3 Å². The van der Waals surface area contributed by atoms with E-state index in [1.807, 2.05) is 6.92 Å². The molecule has 1 aliphatic rings. The van der Waals surface area contributed by atoms with Crippen molar-refractivity contribution in [2.75, 3.05) is 20.0 Å². The third kappa shape index (κ3) is 5.39. The number of aromatic nitrogens is 5. The van der Waals surface area contributed by atoms with Crippen molar-refractivity contribution in [1.82, 2.24) is 24.7 Å². The highest BCUT2D eigenvalue weighted by Gasteiger charge is 2.38. The van der Waals surface area contributed by atoms with Crippen molar-refractivity contribution in [1.29, 1.82) is 0 Å². The maximum Gasteiger partial charge on any atom is 0.160 e. The molecule has 0 aliphatic carbocycles. The van der Waals surface area contributed by atoms with Crippen LogP contribution in [0.2, 0.25) is 0 Å². The average molecular weight is 564 g/mol. The summed E-state index contributed by atoms with van der Waals surface area (Å²) in [7, 11) is -4.39. The average Bonchev–Trinajstić information content (AvgIpc) is 3.28. The Morgan fingerprint density at radius 1 is 1.05 bits per heavy atom. The van der Waals surface area contributed by atoms with E-state index in [1.165, 1.54) is 18.8 Å². The standard InChI is InChI=1S/C25H33N5O6S2/c1-16-13-26-24(27-14-16)17(2)18(3)38(33,34)15-22-28-29-25(21-11-6-7-12-37(21,31)32)30(22)23-19(35-4)9-8-10-20(23)36-5/h8-10,13-14,17-18,21H,6-7,11-12,15H2,1-5H3/t17-,18-,21+/m0/s1. The van der Waals surface area contributed by atoms with Crippen molar-refractivity contribution in [3.05, 3.63) is 53.6 Å². The van der Waals surface area contributed by atoms with Gasteiger partial charge >= 0.3 is 0 Å². The summed E-state index contributed by atoms with van der Waals surface area (Å²) >= 11 is 0. The van der Waals surface area contributed by atoms with Crippen LogP contribution in [0.3, 0.4) is 0 Å². The number of para-hydroxylation sites is 1. The van der Waals surface area contributed by atoms with Gasteiger partial charge in [0.2, 0.25) is 0 Å².